The smallest absolute Gasteiger partial charge is 0.315 e. The van der Waals surface area contributed by atoms with E-state index in [9.17, 15) is 9.59 Å². The van der Waals surface area contributed by atoms with Crippen LogP contribution >= 0.6 is 0 Å². The van der Waals surface area contributed by atoms with E-state index in [2.05, 4.69) is 25.5 Å². The Morgan fingerprint density at radius 3 is 2.64 bits per heavy atom. The summed E-state index contributed by atoms with van der Waals surface area (Å²) < 4.78 is 0. The summed E-state index contributed by atoms with van der Waals surface area (Å²) in [5, 5.41) is 5.72. The topological polar surface area (TPSA) is 113 Å². The van der Waals surface area contributed by atoms with Crippen molar-refractivity contribution in [3.63, 3.8) is 0 Å². The molecule has 1 atom stereocenters. The number of nitrogens with two attached hydrogens (primary N) is 1. The molecule has 2 heterocycles. The standard InChI is InChI=1S/C17H26N6O2/c18-14(24)17(6-1-2-7-17)22-16(25)21-11-13-5-3-10-23(12-13)15-19-8-4-9-20-15/h4,8-9,13H,1-3,5-7,10-12H2,(H2,18,24)(H2,21,22,25)/t13-/m0/s1. The van der Waals surface area contributed by atoms with Gasteiger partial charge in [-0.25, -0.2) is 14.8 Å². The van der Waals surface area contributed by atoms with Crippen molar-refractivity contribution >= 4 is 17.9 Å². The molecular weight excluding hydrogens is 320 g/mol. The zero-order chi connectivity index (χ0) is 17.7. The molecule has 2 aliphatic rings. The Morgan fingerprint density at radius 1 is 1.24 bits per heavy atom. The van der Waals surface area contributed by atoms with E-state index in [4.69, 9.17) is 5.73 Å². The van der Waals surface area contributed by atoms with Crippen LogP contribution in [0.5, 0.6) is 0 Å². The highest BCUT2D eigenvalue weighted by Gasteiger charge is 2.40. The Kier molecular flexibility index (Phi) is 5.35. The van der Waals surface area contributed by atoms with Crippen molar-refractivity contribution in [1.29, 1.82) is 0 Å². The molecular formula is C17H26N6O2. The molecule has 0 spiro atoms. The normalized spacial score (nSPS) is 22.4. The molecule has 1 aliphatic heterocycles. The predicted molar refractivity (Wildman–Crippen MR) is 93.9 cm³/mol. The number of carbonyl (C=O) groups is 2. The van der Waals surface area contributed by atoms with Gasteiger partial charge < -0.3 is 21.3 Å². The molecule has 0 radical (unpaired) electrons. The highest BCUT2D eigenvalue weighted by atomic mass is 16.2. The Labute approximate surface area is 147 Å². The molecule has 1 saturated heterocycles. The van der Waals surface area contributed by atoms with Crippen molar-refractivity contribution in [2.75, 3.05) is 24.5 Å². The Bertz CT molecular complexity index is 602. The lowest BCUT2D eigenvalue weighted by atomic mass is 9.97. The van der Waals surface area contributed by atoms with Gasteiger partial charge in [0, 0.05) is 32.0 Å². The second kappa shape index (κ2) is 7.67. The van der Waals surface area contributed by atoms with Gasteiger partial charge in [-0.05, 0) is 37.7 Å². The number of nitrogens with zero attached hydrogens (tertiary/aromatic N) is 3. The van der Waals surface area contributed by atoms with Gasteiger partial charge >= 0.3 is 6.03 Å². The number of piperidine rings is 1. The fraction of sp³-hybridized carbons (Fsp3) is 0.647. The lowest BCUT2D eigenvalue weighted by Gasteiger charge is -2.33. The minimum absolute atomic E-state index is 0.311. The second-order valence-electron chi connectivity index (χ2n) is 6.99. The number of nitrogens with one attached hydrogen (secondary N) is 2. The van der Waals surface area contributed by atoms with Crippen LogP contribution in [0.25, 0.3) is 0 Å². The van der Waals surface area contributed by atoms with Crippen molar-refractivity contribution in [2.24, 2.45) is 11.7 Å². The molecule has 4 N–H and O–H groups in total. The second-order valence-corrected chi connectivity index (χ2v) is 6.99. The maximum atomic E-state index is 12.2. The SMILES string of the molecule is NC(=O)C1(NC(=O)NC[C@@H]2CCCN(c3ncccn3)C2)CCCC1. The molecule has 2 fully saturated rings. The number of aromatic nitrogens is 2. The van der Waals surface area contributed by atoms with Gasteiger partial charge in [0.05, 0.1) is 0 Å². The number of amides is 3. The highest BCUT2D eigenvalue weighted by molar-refractivity contribution is 5.90. The summed E-state index contributed by atoms with van der Waals surface area (Å²) in [7, 11) is 0. The highest BCUT2D eigenvalue weighted by Crippen LogP contribution is 2.29. The van der Waals surface area contributed by atoms with Gasteiger partial charge in [0.15, 0.2) is 0 Å². The van der Waals surface area contributed by atoms with E-state index in [-0.39, 0.29) is 6.03 Å². The molecule has 25 heavy (non-hydrogen) atoms. The molecule has 0 aromatic carbocycles. The van der Waals surface area contributed by atoms with E-state index in [1.54, 1.807) is 18.5 Å². The third kappa shape index (κ3) is 4.18. The molecule has 1 aromatic heterocycles. The summed E-state index contributed by atoms with van der Waals surface area (Å²) in [6.07, 6.45) is 8.64. The summed E-state index contributed by atoms with van der Waals surface area (Å²) in [5.74, 6) is 0.622. The summed E-state index contributed by atoms with van der Waals surface area (Å²) in [4.78, 5) is 34.7. The molecule has 0 unspecified atom stereocenters. The maximum absolute atomic E-state index is 12.2. The van der Waals surface area contributed by atoms with Gasteiger partial charge in [-0.15, -0.1) is 0 Å². The van der Waals surface area contributed by atoms with Crippen LogP contribution < -0.4 is 21.3 Å². The quantitative estimate of drug-likeness (QED) is 0.729. The molecule has 1 aliphatic carbocycles. The maximum Gasteiger partial charge on any atom is 0.315 e. The van der Waals surface area contributed by atoms with Gasteiger partial charge in [-0.2, -0.15) is 0 Å². The summed E-state index contributed by atoms with van der Waals surface area (Å²) in [6.45, 7) is 2.30. The number of primary amides is 1. The minimum Gasteiger partial charge on any atom is -0.368 e. The van der Waals surface area contributed by atoms with Crippen LogP contribution in [-0.4, -0.2) is 47.1 Å². The van der Waals surface area contributed by atoms with Crippen LogP contribution in [0.15, 0.2) is 18.5 Å². The molecule has 3 rings (SSSR count). The molecule has 8 heteroatoms. The van der Waals surface area contributed by atoms with Crippen LogP contribution in [-0.2, 0) is 4.79 Å². The third-order valence-corrected chi connectivity index (χ3v) is 5.19. The van der Waals surface area contributed by atoms with E-state index < -0.39 is 11.4 Å². The summed E-state index contributed by atoms with van der Waals surface area (Å²) >= 11 is 0. The minimum atomic E-state index is -0.874. The van der Waals surface area contributed by atoms with Crippen molar-refractivity contribution in [2.45, 2.75) is 44.1 Å². The monoisotopic (exact) mass is 346 g/mol. The van der Waals surface area contributed by atoms with Gasteiger partial charge in [0.1, 0.15) is 5.54 Å². The van der Waals surface area contributed by atoms with Crippen molar-refractivity contribution in [3.8, 4) is 0 Å². The van der Waals surface area contributed by atoms with Gasteiger partial charge in [0.25, 0.3) is 0 Å². The molecule has 0 bridgehead atoms. The lowest BCUT2D eigenvalue weighted by Crippen LogP contribution is -2.58. The summed E-state index contributed by atoms with van der Waals surface area (Å²) in [6, 6.07) is 1.49. The number of carbonyl (C=O) groups excluding carboxylic acids is 2. The first-order valence-corrected chi connectivity index (χ1v) is 8.97. The average Bonchev–Trinajstić information content (AvgIpc) is 3.11. The number of urea groups is 1. The zero-order valence-corrected chi connectivity index (χ0v) is 14.4. The van der Waals surface area contributed by atoms with Crippen LogP contribution in [0.2, 0.25) is 0 Å². The van der Waals surface area contributed by atoms with E-state index in [1.807, 2.05) is 0 Å². The molecule has 1 aromatic rings. The first-order chi connectivity index (χ1) is 12.1. The average molecular weight is 346 g/mol. The molecule has 136 valence electrons. The number of hydrogen-bond acceptors (Lipinski definition) is 5. The van der Waals surface area contributed by atoms with Crippen LogP contribution in [0, 0.1) is 5.92 Å². The first kappa shape index (κ1) is 17.4. The number of rotatable bonds is 5. The van der Waals surface area contributed by atoms with E-state index >= 15 is 0 Å². The lowest BCUT2D eigenvalue weighted by molar-refractivity contribution is -0.123. The van der Waals surface area contributed by atoms with E-state index in [1.165, 1.54) is 0 Å². The predicted octanol–water partition coefficient (Wildman–Crippen LogP) is 0.790. The van der Waals surface area contributed by atoms with Gasteiger partial charge in [-0.1, -0.05) is 12.8 Å². The van der Waals surface area contributed by atoms with Crippen LogP contribution in [0.3, 0.4) is 0 Å². The van der Waals surface area contributed by atoms with Crippen molar-refractivity contribution in [3.05, 3.63) is 18.5 Å². The van der Waals surface area contributed by atoms with Gasteiger partial charge in [0.2, 0.25) is 11.9 Å². The van der Waals surface area contributed by atoms with Crippen LogP contribution in [0.4, 0.5) is 10.7 Å². The van der Waals surface area contributed by atoms with E-state index in [0.717, 1.165) is 44.7 Å². The number of anilines is 1. The fourth-order valence-electron chi connectivity index (χ4n) is 3.78. The molecule has 1 saturated carbocycles. The zero-order valence-electron chi connectivity index (χ0n) is 14.4. The summed E-state index contributed by atoms with van der Waals surface area (Å²) in [5.41, 5.74) is 4.63. The van der Waals surface area contributed by atoms with E-state index in [0.29, 0.717) is 25.3 Å². The third-order valence-electron chi connectivity index (χ3n) is 5.19. The fourth-order valence-corrected chi connectivity index (χ4v) is 3.78. The van der Waals surface area contributed by atoms with Crippen LogP contribution in [0.1, 0.15) is 38.5 Å². The first-order valence-electron chi connectivity index (χ1n) is 8.97. The Morgan fingerprint density at radius 2 is 1.96 bits per heavy atom. The molecule has 3 amide bonds. The number of hydrogen-bond donors (Lipinski definition) is 3. The van der Waals surface area contributed by atoms with Gasteiger partial charge in [-0.3, -0.25) is 4.79 Å². The van der Waals surface area contributed by atoms with Crippen molar-refractivity contribution in [1.82, 2.24) is 20.6 Å². The Hall–Kier alpha value is -2.38. The largest absolute Gasteiger partial charge is 0.368 e. The Balaban J connectivity index is 1.49. The molecule has 8 nitrogen and oxygen atoms in total. The van der Waals surface area contributed by atoms with Crippen molar-refractivity contribution < 1.29 is 9.59 Å².